The third kappa shape index (κ3) is 2.52. The van der Waals surface area contributed by atoms with Crippen molar-refractivity contribution in [1.82, 2.24) is 4.98 Å². The Balaban J connectivity index is 1.76. The molecule has 1 heterocycles. The Bertz CT molecular complexity index is 559. The van der Waals surface area contributed by atoms with Crippen LogP contribution in [0.3, 0.4) is 0 Å². The first-order valence-electron chi connectivity index (χ1n) is 6.19. The summed E-state index contributed by atoms with van der Waals surface area (Å²) < 4.78 is 0. The zero-order valence-electron chi connectivity index (χ0n) is 10.0. The highest BCUT2D eigenvalue weighted by atomic mass is 32.1. The first-order valence-corrected chi connectivity index (χ1v) is 7.07. The molecular weight excluding hydrogens is 242 g/mol. The molecule has 0 radical (unpaired) electrons. The van der Waals surface area contributed by atoms with Gasteiger partial charge in [0.15, 0.2) is 0 Å². The minimum Gasteiger partial charge on any atom is -0.389 e. The predicted molar refractivity (Wildman–Crippen MR) is 74.6 cm³/mol. The average molecular weight is 257 g/mol. The summed E-state index contributed by atoms with van der Waals surface area (Å²) in [5, 5.41) is 12.7. The van der Waals surface area contributed by atoms with Crippen LogP contribution < -0.4 is 0 Å². The van der Waals surface area contributed by atoms with Crippen molar-refractivity contribution in [3.05, 3.63) is 52.4 Å². The van der Waals surface area contributed by atoms with E-state index in [0.29, 0.717) is 0 Å². The Morgan fingerprint density at radius 3 is 2.83 bits per heavy atom. The van der Waals surface area contributed by atoms with Gasteiger partial charge in [-0.15, -0.1) is 11.3 Å². The molecule has 18 heavy (non-hydrogen) atoms. The van der Waals surface area contributed by atoms with Crippen LogP contribution in [0.2, 0.25) is 0 Å². The van der Waals surface area contributed by atoms with Gasteiger partial charge in [-0.25, -0.2) is 4.98 Å². The van der Waals surface area contributed by atoms with Gasteiger partial charge in [0.2, 0.25) is 0 Å². The van der Waals surface area contributed by atoms with Crippen LogP contribution in [0.5, 0.6) is 0 Å². The summed E-state index contributed by atoms with van der Waals surface area (Å²) in [5.74, 6) is 0. The zero-order chi connectivity index (χ0) is 12.4. The van der Waals surface area contributed by atoms with E-state index in [1.807, 2.05) is 24.3 Å². The third-order valence-corrected chi connectivity index (χ3v) is 4.04. The molecule has 92 valence electrons. The molecule has 2 aromatic rings. The lowest BCUT2D eigenvalue weighted by molar-refractivity contribution is 0.223. The summed E-state index contributed by atoms with van der Waals surface area (Å²) >= 11 is 1.70. The number of nitrogens with zero attached hydrogens (tertiary/aromatic N) is 1. The number of rotatable bonds is 3. The van der Waals surface area contributed by atoms with Crippen LogP contribution in [0.1, 0.15) is 17.8 Å². The average Bonchev–Trinajstić information content (AvgIpc) is 3.01. The summed E-state index contributed by atoms with van der Waals surface area (Å²) in [6.07, 6.45) is 4.49. The van der Waals surface area contributed by atoms with Gasteiger partial charge in [0, 0.05) is 17.4 Å². The largest absolute Gasteiger partial charge is 0.389 e. The molecule has 1 aromatic carbocycles. The van der Waals surface area contributed by atoms with Crippen LogP contribution in [0.15, 0.2) is 47.4 Å². The lowest BCUT2D eigenvalue weighted by Crippen LogP contribution is -1.93. The van der Waals surface area contributed by atoms with Gasteiger partial charge in [0.25, 0.3) is 0 Å². The topological polar surface area (TPSA) is 33.1 Å². The summed E-state index contributed by atoms with van der Waals surface area (Å²) in [7, 11) is 0. The molecule has 1 aliphatic rings. The molecule has 1 atom stereocenters. The highest BCUT2D eigenvalue weighted by molar-refractivity contribution is 7.10. The van der Waals surface area contributed by atoms with Gasteiger partial charge in [-0.3, -0.25) is 0 Å². The summed E-state index contributed by atoms with van der Waals surface area (Å²) in [6.45, 7) is 0. The minimum absolute atomic E-state index is 0.242. The number of hydrogen-bond donors (Lipinski definition) is 1. The van der Waals surface area contributed by atoms with E-state index in [1.165, 1.54) is 11.1 Å². The van der Waals surface area contributed by atoms with Crippen LogP contribution >= 0.6 is 11.3 Å². The van der Waals surface area contributed by atoms with E-state index in [9.17, 15) is 5.11 Å². The van der Waals surface area contributed by atoms with Crippen LogP contribution in [0, 0.1) is 0 Å². The second kappa shape index (κ2) is 5.04. The van der Waals surface area contributed by atoms with Crippen molar-refractivity contribution in [2.24, 2.45) is 0 Å². The van der Waals surface area contributed by atoms with E-state index < -0.39 is 0 Å². The lowest BCUT2D eigenvalue weighted by Gasteiger charge is -1.97. The van der Waals surface area contributed by atoms with Gasteiger partial charge in [-0.2, -0.15) is 0 Å². The van der Waals surface area contributed by atoms with E-state index in [4.69, 9.17) is 0 Å². The maximum atomic E-state index is 9.47. The standard InChI is InChI=1S/C15H15NOS/c17-13-7-6-11(8-13)9-15-16-14(10-18-15)12-4-2-1-3-5-12/h1-5,8,10,13,17H,6-7,9H2. The molecule has 0 bridgehead atoms. The highest BCUT2D eigenvalue weighted by Gasteiger charge is 2.14. The Hall–Kier alpha value is -1.45. The normalized spacial score (nSPS) is 18.9. The van der Waals surface area contributed by atoms with Crippen molar-refractivity contribution < 1.29 is 5.11 Å². The van der Waals surface area contributed by atoms with Crippen molar-refractivity contribution in [2.45, 2.75) is 25.4 Å². The fourth-order valence-electron chi connectivity index (χ4n) is 2.25. The predicted octanol–water partition coefficient (Wildman–Crippen LogP) is 3.43. The van der Waals surface area contributed by atoms with Crippen molar-refractivity contribution in [1.29, 1.82) is 0 Å². The molecule has 1 unspecified atom stereocenters. The van der Waals surface area contributed by atoms with Crippen molar-refractivity contribution >= 4 is 11.3 Å². The first kappa shape index (κ1) is 11.6. The molecular formula is C15H15NOS. The SMILES string of the molecule is OC1C=C(Cc2nc(-c3ccccc3)cs2)CC1. The molecule has 2 nitrogen and oxygen atoms in total. The number of allylic oxidation sites excluding steroid dienone is 1. The fraction of sp³-hybridized carbons (Fsp3) is 0.267. The Morgan fingerprint density at radius 1 is 1.28 bits per heavy atom. The van der Waals surface area contributed by atoms with Gasteiger partial charge in [0.05, 0.1) is 16.8 Å². The highest BCUT2D eigenvalue weighted by Crippen LogP contribution is 2.26. The molecule has 0 saturated carbocycles. The first-order chi connectivity index (χ1) is 8.81. The number of hydrogen-bond acceptors (Lipinski definition) is 3. The number of benzene rings is 1. The quantitative estimate of drug-likeness (QED) is 0.854. The number of aliphatic hydroxyl groups excluding tert-OH is 1. The summed E-state index contributed by atoms with van der Waals surface area (Å²) in [6, 6.07) is 10.2. The molecule has 1 N–H and O–H groups in total. The Labute approximate surface area is 111 Å². The number of thiazole rings is 1. The van der Waals surface area contributed by atoms with Gasteiger partial charge in [-0.05, 0) is 12.8 Å². The van der Waals surface area contributed by atoms with Crippen LogP contribution in [-0.4, -0.2) is 16.2 Å². The van der Waals surface area contributed by atoms with Gasteiger partial charge < -0.3 is 5.11 Å². The smallest absolute Gasteiger partial charge is 0.0973 e. The van der Waals surface area contributed by atoms with E-state index >= 15 is 0 Å². The maximum Gasteiger partial charge on any atom is 0.0973 e. The van der Waals surface area contributed by atoms with Crippen molar-refractivity contribution in [3.63, 3.8) is 0 Å². The van der Waals surface area contributed by atoms with E-state index in [0.717, 1.165) is 30.0 Å². The molecule has 0 aliphatic heterocycles. The molecule has 1 aliphatic carbocycles. The van der Waals surface area contributed by atoms with Crippen LogP contribution in [-0.2, 0) is 6.42 Å². The third-order valence-electron chi connectivity index (χ3n) is 3.19. The molecule has 1 aromatic heterocycles. The van der Waals surface area contributed by atoms with Crippen LogP contribution in [0.25, 0.3) is 11.3 Å². The second-order valence-electron chi connectivity index (χ2n) is 4.60. The molecule has 3 heteroatoms. The van der Waals surface area contributed by atoms with E-state index in [2.05, 4.69) is 22.5 Å². The second-order valence-corrected chi connectivity index (χ2v) is 5.54. The molecule has 0 saturated heterocycles. The molecule has 0 fully saturated rings. The Kier molecular flexibility index (Phi) is 3.26. The summed E-state index contributed by atoms with van der Waals surface area (Å²) in [5.41, 5.74) is 3.53. The molecule has 3 rings (SSSR count). The summed E-state index contributed by atoms with van der Waals surface area (Å²) in [4.78, 5) is 4.67. The van der Waals surface area contributed by atoms with Crippen LogP contribution in [0.4, 0.5) is 0 Å². The molecule has 0 amide bonds. The number of aromatic nitrogens is 1. The minimum atomic E-state index is -0.242. The van der Waals surface area contributed by atoms with Gasteiger partial charge >= 0.3 is 0 Å². The Morgan fingerprint density at radius 2 is 2.11 bits per heavy atom. The zero-order valence-corrected chi connectivity index (χ0v) is 10.9. The monoisotopic (exact) mass is 257 g/mol. The maximum absolute atomic E-state index is 9.47. The lowest BCUT2D eigenvalue weighted by atomic mass is 10.1. The van der Waals surface area contributed by atoms with Gasteiger partial charge in [-0.1, -0.05) is 42.0 Å². The van der Waals surface area contributed by atoms with E-state index in [-0.39, 0.29) is 6.10 Å². The van der Waals surface area contributed by atoms with Gasteiger partial charge in [0.1, 0.15) is 0 Å². The number of aliphatic hydroxyl groups is 1. The fourth-order valence-corrected chi connectivity index (χ4v) is 3.10. The van der Waals surface area contributed by atoms with Crippen molar-refractivity contribution in [3.8, 4) is 11.3 Å². The van der Waals surface area contributed by atoms with Crippen molar-refractivity contribution in [2.75, 3.05) is 0 Å². The molecule has 0 spiro atoms. The van der Waals surface area contributed by atoms with E-state index in [1.54, 1.807) is 11.3 Å².